The number of rotatable bonds is 3. The molecule has 0 heterocycles. The lowest BCUT2D eigenvalue weighted by Crippen LogP contribution is -2.52. The maximum atomic E-state index is 13.2. The highest BCUT2D eigenvalue weighted by Gasteiger charge is 2.53. The van der Waals surface area contributed by atoms with Gasteiger partial charge in [0.2, 0.25) is 0 Å². The van der Waals surface area contributed by atoms with Crippen LogP contribution in [0.25, 0.3) is 0 Å². The van der Waals surface area contributed by atoms with E-state index in [-0.39, 0.29) is 30.2 Å². The van der Waals surface area contributed by atoms with E-state index < -0.39 is 11.4 Å². The molecule has 0 saturated heterocycles. The minimum atomic E-state index is -0.812. The van der Waals surface area contributed by atoms with Crippen molar-refractivity contribution in [2.45, 2.75) is 50.0 Å². The van der Waals surface area contributed by atoms with Crippen molar-refractivity contribution in [3.8, 4) is 0 Å². The van der Waals surface area contributed by atoms with E-state index in [1.165, 1.54) is 12.1 Å². The van der Waals surface area contributed by atoms with E-state index >= 15 is 0 Å². The molecule has 3 rings (SSSR count). The van der Waals surface area contributed by atoms with Gasteiger partial charge in [-0.25, -0.2) is 4.39 Å². The maximum Gasteiger partial charge on any atom is 0.304 e. The number of carboxylic acids is 1. The van der Waals surface area contributed by atoms with Crippen molar-refractivity contribution in [3.05, 3.63) is 35.6 Å². The quantitative estimate of drug-likeness (QED) is 0.900. The summed E-state index contributed by atoms with van der Waals surface area (Å²) in [5.41, 5.74) is 0.477. The van der Waals surface area contributed by atoms with E-state index in [9.17, 15) is 19.4 Å². The maximum absolute atomic E-state index is 13.2. The van der Waals surface area contributed by atoms with Gasteiger partial charge in [-0.05, 0) is 55.2 Å². The summed E-state index contributed by atoms with van der Waals surface area (Å²) in [7, 11) is 0. The second kappa shape index (κ2) is 5.41. The number of aliphatic hydroxyl groups is 1. The van der Waals surface area contributed by atoms with E-state index in [0.29, 0.717) is 12.8 Å². The number of carboxylic acid groups (broad SMARTS) is 1. The summed E-state index contributed by atoms with van der Waals surface area (Å²) < 4.78 is 13.2. The average molecular weight is 292 g/mol. The minimum absolute atomic E-state index is 0.0701. The highest BCUT2D eigenvalue weighted by atomic mass is 19.1. The zero-order chi connectivity index (χ0) is 15.0. The van der Waals surface area contributed by atoms with Gasteiger partial charge in [-0.3, -0.25) is 4.79 Å². The Balaban J connectivity index is 2.08. The Kier molecular flexibility index (Phi) is 3.74. The van der Waals surface area contributed by atoms with Gasteiger partial charge >= 0.3 is 5.97 Å². The van der Waals surface area contributed by atoms with E-state index in [4.69, 9.17) is 0 Å². The molecule has 1 aromatic rings. The molecular formula is C17H21FO3. The molecule has 0 aromatic heterocycles. The molecule has 2 unspecified atom stereocenters. The molecule has 2 saturated carbocycles. The highest BCUT2D eigenvalue weighted by molar-refractivity contribution is 5.69. The predicted octanol–water partition coefficient (Wildman–Crippen LogP) is 3.11. The number of carbonyl (C=O) groups is 1. The summed E-state index contributed by atoms with van der Waals surface area (Å²) in [6, 6.07) is 6.31. The number of benzene rings is 1. The van der Waals surface area contributed by atoms with Gasteiger partial charge in [0.1, 0.15) is 5.82 Å². The summed E-state index contributed by atoms with van der Waals surface area (Å²) in [6.07, 6.45) is 4.02. The smallest absolute Gasteiger partial charge is 0.304 e. The molecule has 0 radical (unpaired) electrons. The van der Waals surface area contributed by atoms with Crippen LogP contribution in [0.2, 0.25) is 0 Å². The van der Waals surface area contributed by atoms with Crippen LogP contribution in [-0.4, -0.2) is 22.3 Å². The van der Waals surface area contributed by atoms with Crippen LogP contribution in [0.15, 0.2) is 24.3 Å². The molecule has 0 amide bonds. The Morgan fingerprint density at radius 2 is 1.76 bits per heavy atom. The standard InChI is InChI=1S/C17H21FO3/c18-14-6-4-11(5-7-14)17(10-16(20)21)12-2-1-3-13(17)9-15(19)8-12/h4-7,12-13,15,19H,1-3,8-10H2,(H,20,21)/t12?,13?,15-,17+. The van der Waals surface area contributed by atoms with Crippen LogP contribution < -0.4 is 0 Å². The van der Waals surface area contributed by atoms with Gasteiger partial charge < -0.3 is 10.2 Å². The zero-order valence-electron chi connectivity index (χ0n) is 12.0. The second-order valence-corrected chi connectivity index (χ2v) is 6.57. The largest absolute Gasteiger partial charge is 0.481 e. The first-order valence-electron chi connectivity index (χ1n) is 7.68. The first kappa shape index (κ1) is 14.5. The van der Waals surface area contributed by atoms with Crippen molar-refractivity contribution in [2.75, 3.05) is 0 Å². The zero-order valence-corrected chi connectivity index (χ0v) is 12.0. The topological polar surface area (TPSA) is 57.5 Å². The third-order valence-electron chi connectivity index (χ3n) is 5.50. The molecule has 0 spiro atoms. The van der Waals surface area contributed by atoms with E-state index in [1.54, 1.807) is 12.1 Å². The molecular weight excluding hydrogens is 271 g/mol. The molecule has 2 N–H and O–H groups in total. The van der Waals surface area contributed by atoms with Crippen LogP contribution in [0.1, 0.15) is 44.1 Å². The predicted molar refractivity (Wildman–Crippen MR) is 76.4 cm³/mol. The van der Waals surface area contributed by atoms with Crippen LogP contribution in [0.3, 0.4) is 0 Å². The van der Waals surface area contributed by atoms with Gasteiger partial charge in [-0.1, -0.05) is 18.6 Å². The molecule has 114 valence electrons. The third kappa shape index (κ3) is 2.46. The summed E-state index contributed by atoms with van der Waals surface area (Å²) in [4.78, 5) is 11.5. The first-order chi connectivity index (χ1) is 10.0. The molecule has 21 heavy (non-hydrogen) atoms. The van der Waals surface area contributed by atoms with Gasteiger partial charge in [0.15, 0.2) is 0 Å². The number of aliphatic carboxylic acids is 1. The average Bonchev–Trinajstić information content (AvgIpc) is 2.40. The van der Waals surface area contributed by atoms with Gasteiger partial charge in [0.05, 0.1) is 12.5 Å². The van der Waals surface area contributed by atoms with Crippen LogP contribution >= 0.6 is 0 Å². The number of halogens is 1. The number of hydrogen-bond donors (Lipinski definition) is 2. The Hall–Kier alpha value is -1.42. The highest BCUT2D eigenvalue weighted by Crippen LogP contribution is 2.56. The lowest BCUT2D eigenvalue weighted by atomic mass is 9.50. The van der Waals surface area contributed by atoms with Crippen LogP contribution in [0.4, 0.5) is 4.39 Å². The Bertz CT molecular complexity index is 511. The van der Waals surface area contributed by atoms with Crippen molar-refractivity contribution in [1.82, 2.24) is 0 Å². The normalized spacial score (nSPS) is 35.4. The van der Waals surface area contributed by atoms with E-state index in [2.05, 4.69) is 0 Å². The van der Waals surface area contributed by atoms with Gasteiger partial charge in [0.25, 0.3) is 0 Å². The lowest BCUT2D eigenvalue weighted by Gasteiger charge is -2.54. The molecule has 4 heteroatoms. The van der Waals surface area contributed by atoms with Crippen LogP contribution in [-0.2, 0) is 10.2 Å². The summed E-state index contributed by atoms with van der Waals surface area (Å²) in [5, 5.41) is 19.5. The molecule has 2 bridgehead atoms. The molecule has 1 aromatic carbocycles. The van der Waals surface area contributed by atoms with Crippen molar-refractivity contribution in [3.63, 3.8) is 0 Å². The fourth-order valence-corrected chi connectivity index (χ4v) is 4.74. The first-order valence-corrected chi connectivity index (χ1v) is 7.68. The molecule has 2 atom stereocenters. The Morgan fingerprint density at radius 1 is 1.19 bits per heavy atom. The number of fused-ring (bicyclic) bond motifs is 2. The fourth-order valence-electron chi connectivity index (χ4n) is 4.74. The van der Waals surface area contributed by atoms with E-state index in [0.717, 1.165) is 24.8 Å². The molecule has 0 aliphatic heterocycles. The minimum Gasteiger partial charge on any atom is -0.481 e. The lowest BCUT2D eigenvalue weighted by molar-refractivity contribution is -0.142. The summed E-state index contributed by atoms with van der Waals surface area (Å²) >= 11 is 0. The van der Waals surface area contributed by atoms with Gasteiger partial charge in [-0.2, -0.15) is 0 Å². The van der Waals surface area contributed by atoms with Crippen LogP contribution in [0, 0.1) is 17.7 Å². The molecule has 2 aliphatic rings. The molecule has 2 aliphatic carbocycles. The van der Waals surface area contributed by atoms with Gasteiger partial charge in [-0.15, -0.1) is 0 Å². The molecule has 3 nitrogen and oxygen atoms in total. The monoisotopic (exact) mass is 292 g/mol. The van der Waals surface area contributed by atoms with E-state index in [1.807, 2.05) is 0 Å². The van der Waals surface area contributed by atoms with Crippen molar-refractivity contribution in [1.29, 1.82) is 0 Å². The third-order valence-corrected chi connectivity index (χ3v) is 5.50. The SMILES string of the molecule is O=C(O)C[C@]1(c2ccc(F)cc2)C2CCCC1C[C@H](O)C2. The Morgan fingerprint density at radius 3 is 2.29 bits per heavy atom. The second-order valence-electron chi connectivity index (χ2n) is 6.57. The Labute approximate surface area is 123 Å². The molecule has 2 fully saturated rings. The number of hydrogen-bond acceptors (Lipinski definition) is 2. The summed E-state index contributed by atoms with van der Waals surface area (Å²) in [6.45, 7) is 0. The van der Waals surface area contributed by atoms with Crippen molar-refractivity contribution >= 4 is 5.97 Å². The van der Waals surface area contributed by atoms with Crippen LogP contribution in [0.5, 0.6) is 0 Å². The van der Waals surface area contributed by atoms with Gasteiger partial charge in [0, 0.05) is 5.41 Å². The number of aliphatic hydroxyl groups excluding tert-OH is 1. The fraction of sp³-hybridized carbons (Fsp3) is 0.588. The summed E-state index contributed by atoms with van der Waals surface area (Å²) in [5.74, 6) is -0.777. The van der Waals surface area contributed by atoms with Crippen molar-refractivity contribution < 1.29 is 19.4 Å². The van der Waals surface area contributed by atoms with Crippen molar-refractivity contribution in [2.24, 2.45) is 11.8 Å².